The van der Waals surface area contributed by atoms with E-state index in [0.717, 1.165) is 0 Å². The number of benzene rings is 4. The van der Waals surface area contributed by atoms with Crippen molar-refractivity contribution in [1.29, 1.82) is 0 Å². The van der Waals surface area contributed by atoms with Gasteiger partial charge in [0.25, 0.3) is 0 Å². The van der Waals surface area contributed by atoms with Gasteiger partial charge in [0, 0.05) is 45.4 Å². The molecule has 0 aliphatic carbocycles. The molecule has 1 aromatic heterocycles. The Morgan fingerprint density at radius 3 is 1.75 bits per heavy atom. The zero-order valence-electron chi connectivity index (χ0n) is 26.7. The molecule has 7 rings (SSSR count). The number of hydrogen-bond acceptors (Lipinski definition) is 9. The summed E-state index contributed by atoms with van der Waals surface area (Å²) in [5, 5.41) is 2.31. The fraction of sp³-hybridized carbons (Fsp3) is 0.111. The van der Waals surface area contributed by atoms with Crippen LogP contribution >= 0.6 is 12.6 Å². The summed E-state index contributed by atoms with van der Waals surface area (Å²) >= 11 is 4.50. The van der Waals surface area contributed by atoms with Crippen LogP contribution in [0.15, 0.2) is 96.2 Å². The van der Waals surface area contributed by atoms with Crippen molar-refractivity contribution >= 4 is 57.2 Å². The molecule has 10 nitrogen and oxygen atoms in total. The molecule has 0 spiro atoms. The zero-order chi connectivity index (χ0) is 33.7. The number of anilines is 2. The van der Waals surface area contributed by atoms with E-state index in [4.69, 9.17) is 22.9 Å². The first-order valence-corrected chi connectivity index (χ1v) is 15.6. The largest absolute Gasteiger partial charge is 2.00 e. The third-order valence-corrected chi connectivity index (χ3v) is 7.42. The van der Waals surface area contributed by atoms with Gasteiger partial charge in [-0.15, -0.1) is 12.6 Å². The van der Waals surface area contributed by atoms with Crippen LogP contribution in [-0.4, -0.2) is 29.9 Å². The number of nitrogen functional groups attached to an aromatic ring is 2. The van der Waals surface area contributed by atoms with Crippen molar-refractivity contribution in [2.75, 3.05) is 11.5 Å². The van der Waals surface area contributed by atoms with E-state index in [1.54, 1.807) is 36.7 Å². The predicted octanol–water partition coefficient (Wildman–Crippen LogP) is 9.90. The van der Waals surface area contributed by atoms with Crippen molar-refractivity contribution in [2.45, 2.75) is 32.6 Å². The average Bonchev–Trinajstić information content (AvgIpc) is 3.63. The zero-order valence-corrected chi connectivity index (χ0v) is 28.6. The third-order valence-electron chi connectivity index (χ3n) is 7.14. The van der Waals surface area contributed by atoms with Crippen LogP contribution in [0.3, 0.4) is 0 Å². The van der Waals surface area contributed by atoms with E-state index >= 15 is 0 Å². The molecule has 0 unspecified atom stereocenters. The van der Waals surface area contributed by atoms with Gasteiger partial charge in [-0.3, -0.25) is 0 Å². The van der Waals surface area contributed by atoms with Crippen molar-refractivity contribution < 1.29 is 17.1 Å². The van der Waals surface area contributed by atoms with Gasteiger partial charge in [0.1, 0.15) is 0 Å². The molecular weight excluding hydrogens is 668 g/mol. The van der Waals surface area contributed by atoms with Gasteiger partial charge in [-0.25, -0.2) is 19.9 Å². The first-order valence-electron chi connectivity index (χ1n) is 15.2. The van der Waals surface area contributed by atoms with Gasteiger partial charge in [0.05, 0.1) is 17.2 Å². The minimum Gasteiger partial charge on any atom is -0.482 e. The summed E-state index contributed by atoms with van der Waals surface area (Å²) in [6.45, 7) is 8.00. The van der Waals surface area contributed by atoms with Crippen LogP contribution in [0.5, 0.6) is 0 Å². The van der Waals surface area contributed by atoms with Crippen molar-refractivity contribution in [1.82, 2.24) is 29.9 Å². The summed E-state index contributed by atoms with van der Waals surface area (Å²) < 4.78 is 0. The van der Waals surface area contributed by atoms with Gasteiger partial charge in [0.2, 0.25) is 0 Å². The van der Waals surface area contributed by atoms with Gasteiger partial charge >= 0.3 is 17.1 Å². The van der Waals surface area contributed by atoms with Crippen molar-refractivity contribution in [2.24, 2.45) is 0 Å². The molecule has 12 heteroatoms. The van der Waals surface area contributed by atoms with E-state index in [0.29, 0.717) is 77.5 Å². The molecule has 1 radical (unpaired) electrons. The number of nitrogens with zero attached hydrogens (tertiary/aromatic N) is 6. The van der Waals surface area contributed by atoms with Gasteiger partial charge < -0.3 is 32.9 Å². The standard InChI is InChI=1S/C32H22N10S.2C2H6.Cu/c33-23-9-4-8-21-25(23)31-38-14-16-5-1-2-6-19(16)27(35)40-32-26-20(7-3-10-24(26)34)29(41-32)37-15-17-11-12-18(43)13-22(17)28(36)39-30(21)42-31;2*1-2;/h1-15H,(H7-2,33,34,35,36,37,38,39,40,41,42,43);2*1-2H3;/q-2;;;+2. The maximum Gasteiger partial charge on any atom is 2.00 e. The van der Waals surface area contributed by atoms with Gasteiger partial charge in [-0.2, -0.15) is 0 Å². The SMILES string of the molecule is CC.CC.[Cu+2].[NH-]c1nc2nc(ncc3ccccc3c([NH-])nc3nc(ncc4ccc(S)cc14)-c1cccc(N)c1-3)-c1c(N)cccc1-2. The Labute approximate surface area is 295 Å². The summed E-state index contributed by atoms with van der Waals surface area (Å²) in [6.07, 6.45) is 3.24. The Morgan fingerprint density at radius 1 is 0.542 bits per heavy atom. The van der Waals surface area contributed by atoms with E-state index in [9.17, 15) is 0 Å². The van der Waals surface area contributed by atoms with E-state index in [2.05, 4.69) is 42.5 Å². The summed E-state index contributed by atoms with van der Waals surface area (Å²) in [5.41, 5.74) is 34.1. The molecule has 5 aromatic rings. The summed E-state index contributed by atoms with van der Waals surface area (Å²) in [5.74, 6) is 1.29. The number of fused-ring (bicyclic) bond motifs is 12. The van der Waals surface area contributed by atoms with Crippen molar-refractivity contribution in [3.05, 3.63) is 103 Å². The van der Waals surface area contributed by atoms with E-state index in [1.165, 1.54) is 0 Å². The predicted molar refractivity (Wildman–Crippen MR) is 197 cm³/mol. The number of hydrogen-bond donors (Lipinski definition) is 3. The molecule has 48 heavy (non-hydrogen) atoms. The van der Waals surface area contributed by atoms with Gasteiger partial charge in [0.15, 0.2) is 11.6 Å². The van der Waals surface area contributed by atoms with Crippen LogP contribution in [0.2, 0.25) is 0 Å². The van der Waals surface area contributed by atoms with Crippen LogP contribution in [0.1, 0.15) is 27.7 Å². The van der Waals surface area contributed by atoms with E-state index in [1.807, 2.05) is 82.3 Å². The number of rotatable bonds is 0. The molecule has 3 heterocycles. The second-order valence-corrected chi connectivity index (χ2v) is 10.4. The minimum absolute atomic E-state index is 0. The molecule has 0 amide bonds. The maximum atomic E-state index is 8.94. The summed E-state index contributed by atoms with van der Waals surface area (Å²) in [4.78, 5) is 28.5. The summed E-state index contributed by atoms with van der Waals surface area (Å²) in [6, 6.07) is 23.6. The first-order chi connectivity index (χ1) is 22.9. The molecule has 245 valence electrons. The minimum atomic E-state index is -0.0325. The monoisotopic (exact) mass is 701 g/mol. The second-order valence-electron chi connectivity index (χ2n) is 9.85. The Bertz CT molecular complexity index is 2230. The molecule has 0 atom stereocenters. The molecular formula is C36H34CuN10S. The third kappa shape index (κ3) is 6.86. The molecule has 2 aliphatic heterocycles. The Balaban J connectivity index is 0.00000100. The number of nitrogens with one attached hydrogen (secondary N) is 2. The molecule has 4 bridgehead atoms. The van der Waals surface area contributed by atoms with Crippen molar-refractivity contribution in [3.63, 3.8) is 0 Å². The van der Waals surface area contributed by atoms with Crippen molar-refractivity contribution in [3.8, 4) is 45.6 Å². The molecule has 2 aliphatic rings. The Morgan fingerprint density at radius 2 is 1.06 bits per heavy atom. The van der Waals surface area contributed by atoms with E-state index in [-0.39, 0.29) is 34.5 Å². The second kappa shape index (κ2) is 15.5. The number of thiol groups is 1. The van der Waals surface area contributed by atoms with Crippen LogP contribution < -0.4 is 11.5 Å². The molecule has 6 N–H and O–H groups in total. The average molecular weight is 702 g/mol. The smallest absolute Gasteiger partial charge is 0.482 e. The maximum absolute atomic E-state index is 8.94. The van der Waals surface area contributed by atoms with Crippen LogP contribution in [-0.2, 0) is 17.1 Å². The fourth-order valence-electron chi connectivity index (χ4n) is 5.08. The van der Waals surface area contributed by atoms with Crippen LogP contribution in [0.4, 0.5) is 23.0 Å². The summed E-state index contributed by atoms with van der Waals surface area (Å²) in [7, 11) is 0. The fourth-order valence-corrected chi connectivity index (χ4v) is 5.29. The van der Waals surface area contributed by atoms with Crippen LogP contribution in [0.25, 0.3) is 78.6 Å². The molecule has 4 aromatic carbocycles. The number of aromatic nitrogens is 6. The van der Waals surface area contributed by atoms with E-state index < -0.39 is 0 Å². The number of nitrogens with two attached hydrogens (primary N) is 2. The Kier molecular flexibility index (Phi) is 11.5. The van der Waals surface area contributed by atoms with Gasteiger partial charge in [-0.05, 0) is 45.8 Å². The normalized spacial score (nSPS) is 10.4. The van der Waals surface area contributed by atoms with Gasteiger partial charge in [-0.1, -0.05) is 93.9 Å². The quantitative estimate of drug-likeness (QED) is 0.0794. The molecule has 0 saturated carbocycles. The van der Waals surface area contributed by atoms with Crippen LogP contribution in [0, 0.1) is 0 Å². The Hall–Kier alpha value is -5.29. The molecule has 0 fully saturated rings. The first kappa shape index (κ1) is 35.6. The molecule has 0 saturated heterocycles. The topological polar surface area (TPSA) is 177 Å².